The number of nitrogens with two attached hydrogens (primary N) is 1. The van der Waals surface area contributed by atoms with Crippen LogP contribution in [-0.4, -0.2) is 31.7 Å². The van der Waals surface area contributed by atoms with Crippen molar-refractivity contribution in [3.05, 3.63) is 53.2 Å². The van der Waals surface area contributed by atoms with E-state index in [0.717, 1.165) is 51.0 Å². The predicted octanol–water partition coefficient (Wildman–Crippen LogP) is 5.25. The molecule has 5 rings (SSSR count). The van der Waals surface area contributed by atoms with Crippen LogP contribution in [0.5, 0.6) is 5.75 Å². The lowest BCUT2D eigenvalue weighted by Gasteiger charge is -2.22. The van der Waals surface area contributed by atoms with E-state index in [-0.39, 0.29) is 0 Å². The zero-order valence-corrected chi connectivity index (χ0v) is 18.8. The van der Waals surface area contributed by atoms with E-state index >= 15 is 0 Å². The first-order valence-electron chi connectivity index (χ1n) is 10.4. The Morgan fingerprint density at radius 3 is 2.65 bits per heavy atom. The summed E-state index contributed by atoms with van der Waals surface area (Å²) < 4.78 is 7.83. The van der Waals surface area contributed by atoms with E-state index in [9.17, 15) is 0 Å². The van der Waals surface area contributed by atoms with Gasteiger partial charge < -0.3 is 10.5 Å². The number of nitrogens with zero attached hydrogens (tertiary/aromatic N) is 5. The Bertz CT molecular complexity index is 1230. The summed E-state index contributed by atoms with van der Waals surface area (Å²) >= 11 is 3.67. The molecule has 0 saturated heterocycles. The Morgan fingerprint density at radius 2 is 1.90 bits per heavy atom. The second-order valence-corrected chi connectivity index (χ2v) is 8.66. The molecule has 0 radical (unpaired) electrons. The molecule has 0 aliphatic heterocycles. The van der Waals surface area contributed by atoms with E-state index in [1.165, 1.54) is 19.3 Å². The van der Waals surface area contributed by atoms with Crippen molar-refractivity contribution in [2.45, 2.75) is 38.0 Å². The zero-order valence-electron chi connectivity index (χ0n) is 17.3. The topological polar surface area (TPSA) is 91.2 Å². The van der Waals surface area contributed by atoms with Crippen LogP contribution in [0.1, 0.15) is 43.7 Å². The van der Waals surface area contributed by atoms with Crippen molar-refractivity contribution in [1.29, 1.82) is 0 Å². The molecule has 4 heterocycles. The predicted molar refractivity (Wildman–Crippen MR) is 124 cm³/mol. The highest BCUT2D eigenvalue weighted by molar-refractivity contribution is 9.10. The number of rotatable bonds is 4. The van der Waals surface area contributed by atoms with Crippen LogP contribution in [0.2, 0.25) is 0 Å². The Morgan fingerprint density at radius 1 is 1.06 bits per heavy atom. The molecule has 1 fully saturated rings. The number of fused-ring (bicyclic) bond motifs is 1. The average Bonchev–Trinajstić information content (AvgIpc) is 3.26. The molecule has 8 heteroatoms. The Balaban J connectivity index is 1.54. The van der Waals surface area contributed by atoms with Crippen LogP contribution in [0.3, 0.4) is 0 Å². The SMILES string of the molecule is COc1cncc(-c2ccc(-c3cnn4c(N)c(Br)c(C5CCCCC5)nc34)cn2)c1. The van der Waals surface area contributed by atoms with E-state index in [0.29, 0.717) is 17.5 Å². The first-order valence-corrected chi connectivity index (χ1v) is 11.2. The number of nitrogen functional groups attached to an aromatic ring is 1. The molecule has 0 aromatic carbocycles. The summed E-state index contributed by atoms with van der Waals surface area (Å²) in [4.78, 5) is 13.9. The van der Waals surface area contributed by atoms with Gasteiger partial charge in [-0.2, -0.15) is 9.61 Å². The van der Waals surface area contributed by atoms with Gasteiger partial charge in [-0.05, 0) is 40.9 Å². The van der Waals surface area contributed by atoms with Gasteiger partial charge in [0.15, 0.2) is 5.65 Å². The number of aromatic nitrogens is 5. The Labute approximate surface area is 188 Å². The van der Waals surface area contributed by atoms with Gasteiger partial charge in [-0.3, -0.25) is 9.97 Å². The summed E-state index contributed by atoms with van der Waals surface area (Å²) in [7, 11) is 1.63. The van der Waals surface area contributed by atoms with Crippen molar-refractivity contribution in [2.75, 3.05) is 12.8 Å². The van der Waals surface area contributed by atoms with Gasteiger partial charge in [0.25, 0.3) is 0 Å². The number of halogens is 1. The highest BCUT2D eigenvalue weighted by atomic mass is 79.9. The van der Waals surface area contributed by atoms with Crippen molar-refractivity contribution in [1.82, 2.24) is 24.6 Å². The van der Waals surface area contributed by atoms with Crippen molar-refractivity contribution in [3.8, 4) is 28.1 Å². The van der Waals surface area contributed by atoms with Gasteiger partial charge in [-0.15, -0.1) is 0 Å². The van der Waals surface area contributed by atoms with Crippen LogP contribution < -0.4 is 10.5 Å². The molecule has 4 aromatic heterocycles. The average molecular weight is 479 g/mol. The molecule has 7 nitrogen and oxygen atoms in total. The van der Waals surface area contributed by atoms with Crippen LogP contribution in [0.4, 0.5) is 5.82 Å². The van der Waals surface area contributed by atoms with E-state index < -0.39 is 0 Å². The van der Waals surface area contributed by atoms with Crippen molar-refractivity contribution < 1.29 is 4.74 Å². The molecular weight excluding hydrogens is 456 g/mol. The minimum absolute atomic E-state index is 0.430. The standard InChI is InChI=1S/C23H23BrN6O/c1-31-17-9-16(10-26-12-17)19-8-7-15(11-27-19)18-13-28-30-22(25)20(24)21(29-23(18)30)14-5-3-2-4-6-14/h7-14H,2-6,25H2,1H3. The fourth-order valence-electron chi connectivity index (χ4n) is 4.26. The maximum atomic E-state index is 6.42. The molecule has 1 aliphatic carbocycles. The lowest BCUT2D eigenvalue weighted by atomic mass is 9.87. The van der Waals surface area contributed by atoms with Gasteiger partial charge in [0.05, 0.1) is 35.4 Å². The number of anilines is 1. The maximum Gasteiger partial charge on any atom is 0.165 e. The van der Waals surface area contributed by atoms with Crippen LogP contribution in [0, 0.1) is 0 Å². The number of hydrogen-bond acceptors (Lipinski definition) is 6. The summed E-state index contributed by atoms with van der Waals surface area (Å²) in [6.45, 7) is 0. The third kappa shape index (κ3) is 3.65. The quantitative estimate of drug-likeness (QED) is 0.430. The van der Waals surface area contributed by atoms with Crippen molar-refractivity contribution in [3.63, 3.8) is 0 Å². The summed E-state index contributed by atoms with van der Waals surface area (Å²) in [6.07, 6.45) is 13.2. The van der Waals surface area contributed by atoms with Crippen LogP contribution in [-0.2, 0) is 0 Å². The van der Waals surface area contributed by atoms with E-state index in [1.807, 2.05) is 24.4 Å². The minimum atomic E-state index is 0.430. The summed E-state index contributed by atoms with van der Waals surface area (Å²) in [5.41, 5.74) is 11.8. The highest BCUT2D eigenvalue weighted by Crippen LogP contribution is 2.39. The molecule has 0 spiro atoms. The molecule has 158 valence electrons. The lowest BCUT2D eigenvalue weighted by Crippen LogP contribution is -2.11. The van der Waals surface area contributed by atoms with E-state index in [2.05, 4.69) is 31.0 Å². The molecule has 0 amide bonds. The minimum Gasteiger partial charge on any atom is -0.495 e. The summed E-state index contributed by atoms with van der Waals surface area (Å²) in [6, 6.07) is 5.92. The second kappa shape index (κ2) is 8.26. The fourth-order valence-corrected chi connectivity index (χ4v) is 4.84. The third-order valence-corrected chi connectivity index (χ3v) is 6.77. The third-order valence-electron chi connectivity index (χ3n) is 5.96. The van der Waals surface area contributed by atoms with E-state index in [4.69, 9.17) is 15.5 Å². The fraction of sp³-hybridized carbons (Fsp3) is 0.304. The Kier molecular flexibility index (Phi) is 5.31. The molecule has 4 aromatic rings. The molecule has 0 unspecified atom stereocenters. The number of pyridine rings is 2. The second-order valence-electron chi connectivity index (χ2n) is 7.87. The van der Waals surface area contributed by atoms with Gasteiger partial charge in [0, 0.05) is 35.0 Å². The molecule has 1 aliphatic rings. The smallest absolute Gasteiger partial charge is 0.165 e. The van der Waals surface area contributed by atoms with Crippen LogP contribution in [0.15, 0.2) is 47.5 Å². The number of hydrogen-bond donors (Lipinski definition) is 1. The normalized spacial score (nSPS) is 14.8. The van der Waals surface area contributed by atoms with Gasteiger partial charge in [-0.1, -0.05) is 25.3 Å². The lowest BCUT2D eigenvalue weighted by molar-refractivity contribution is 0.413. The number of methoxy groups -OCH3 is 1. The zero-order chi connectivity index (χ0) is 21.4. The van der Waals surface area contributed by atoms with Gasteiger partial charge in [-0.25, -0.2) is 4.98 Å². The van der Waals surface area contributed by atoms with Crippen molar-refractivity contribution >= 4 is 27.4 Å². The summed E-state index contributed by atoms with van der Waals surface area (Å²) in [5, 5.41) is 4.49. The highest BCUT2D eigenvalue weighted by Gasteiger charge is 2.24. The molecule has 31 heavy (non-hydrogen) atoms. The molecular formula is C23H23BrN6O. The largest absolute Gasteiger partial charge is 0.495 e. The van der Waals surface area contributed by atoms with Crippen molar-refractivity contribution in [2.24, 2.45) is 0 Å². The molecule has 1 saturated carbocycles. The monoisotopic (exact) mass is 478 g/mol. The number of ether oxygens (including phenoxy) is 1. The van der Waals surface area contributed by atoms with Gasteiger partial charge in [0.2, 0.25) is 0 Å². The van der Waals surface area contributed by atoms with E-state index in [1.54, 1.807) is 30.2 Å². The van der Waals surface area contributed by atoms with Crippen LogP contribution >= 0.6 is 15.9 Å². The Hall–Kier alpha value is -3.00. The first-order chi connectivity index (χ1) is 15.2. The maximum absolute atomic E-state index is 6.42. The van der Waals surface area contributed by atoms with Gasteiger partial charge in [0.1, 0.15) is 11.6 Å². The summed E-state index contributed by atoms with van der Waals surface area (Å²) in [5.74, 6) is 1.72. The molecule has 0 bridgehead atoms. The first kappa shape index (κ1) is 19.9. The van der Waals surface area contributed by atoms with Gasteiger partial charge >= 0.3 is 0 Å². The van der Waals surface area contributed by atoms with Crippen LogP contribution in [0.25, 0.3) is 28.0 Å². The molecule has 0 atom stereocenters. The molecule has 2 N–H and O–H groups in total.